The Balaban J connectivity index is 3.17. The molecule has 0 spiro atoms. The molecule has 0 aliphatic rings. The maximum Gasteiger partial charge on any atom is 0.307 e. The van der Waals surface area contributed by atoms with Gasteiger partial charge in [-0.15, -0.1) is 0 Å². The minimum Gasteiger partial charge on any atom is -0.481 e. The second kappa shape index (κ2) is 4.80. The predicted molar refractivity (Wildman–Crippen MR) is 60.2 cm³/mol. The molecule has 0 heterocycles. The maximum absolute atomic E-state index is 10.6. The molecule has 0 saturated carbocycles. The number of aryl methyl sites for hydroxylation is 1. The van der Waals surface area contributed by atoms with Crippen LogP contribution in [-0.4, -0.2) is 11.1 Å². The van der Waals surface area contributed by atoms with E-state index in [1.165, 1.54) is 0 Å². The average molecular weight is 278 g/mol. The van der Waals surface area contributed by atoms with E-state index in [1.54, 1.807) is 0 Å². The Morgan fingerprint density at radius 2 is 2.21 bits per heavy atom. The van der Waals surface area contributed by atoms with Gasteiger partial charge < -0.3 is 5.11 Å². The number of aliphatic carboxylic acids is 1. The van der Waals surface area contributed by atoms with E-state index in [0.29, 0.717) is 10.4 Å². The topological polar surface area (TPSA) is 37.3 Å². The molecule has 0 saturated heterocycles. The first kappa shape index (κ1) is 11.5. The third-order valence-corrected chi connectivity index (χ3v) is 2.81. The lowest BCUT2D eigenvalue weighted by Gasteiger charge is -2.08. The summed E-state index contributed by atoms with van der Waals surface area (Å²) in [6.07, 6.45) is 0.0162. The van der Waals surface area contributed by atoms with Crippen molar-refractivity contribution in [2.75, 3.05) is 0 Å². The Bertz CT molecular complexity index is 363. The van der Waals surface area contributed by atoms with E-state index in [4.69, 9.17) is 16.7 Å². The van der Waals surface area contributed by atoms with Crippen LogP contribution in [0.5, 0.6) is 0 Å². The van der Waals surface area contributed by atoms with Gasteiger partial charge in [0.15, 0.2) is 0 Å². The van der Waals surface area contributed by atoms with E-state index < -0.39 is 5.97 Å². The molecule has 0 atom stereocenters. The monoisotopic (exact) mass is 276 g/mol. The van der Waals surface area contributed by atoms with E-state index in [9.17, 15) is 4.79 Å². The summed E-state index contributed by atoms with van der Waals surface area (Å²) in [5, 5.41) is 9.91. The molecule has 14 heavy (non-hydrogen) atoms. The van der Waals surface area contributed by atoms with Gasteiger partial charge in [-0.1, -0.05) is 33.6 Å². The van der Waals surface area contributed by atoms with Crippen LogP contribution in [0.2, 0.25) is 5.02 Å². The molecule has 0 bridgehead atoms. The zero-order valence-electron chi connectivity index (χ0n) is 7.68. The number of alkyl halides is 1. The van der Waals surface area contributed by atoms with Crippen LogP contribution in [0.25, 0.3) is 0 Å². The number of benzene rings is 1. The van der Waals surface area contributed by atoms with Crippen molar-refractivity contribution < 1.29 is 9.90 Å². The molecule has 0 fully saturated rings. The highest BCUT2D eigenvalue weighted by Gasteiger charge is 2.10. The Morgan fingerprint density at radius 1 is 1.57 bits per heavy atom. The van der Waals surface area contributed by atoms with Crippen LogP contribution in [0.3, 0.4) is 0 Å². The molecule has 0 aliphatic heterocycles. The fraction of sp³-hybridized carbons (Fsp3) is 0.300. The highest BCUT2D eigenvalue weighted by Crippen LogP contribution is 2.25. The fourth-order valence-electron chi connectivity index (χ4n) is 1.31. The van der Waals surface area contributed by atoms with Gasteiger partial charge in [0.1, 0.15) is 0 Å². The van der Waals surface area contributed by atoms with E-state index in [1.807, 2.05) is 19.1 Å². The summed E-state index contributed by atoms with van der Waals surface area (Å²) >= 11 is 9.29. The van der Waals surface area contributed by atoms with Crippen molar-refractivity contribution in [2.45, 2.75) is 18.7 Å². The summed E-state index contributed by atoms with van der Waals surface area (Å²) in [7, 11) is 0. The van der Waals surface area contributed by atoms with Crippen LogP contribution in [0.4, 0.5) is 0 Å². The molecule has 0 amide bonds. The SMILES string of the molecule is Cc1cc(Cl)c(CBr)c(CC(=O)O)c1. The lowest BCUT2D eigenvalue weighted by Crippen LogP contribution is -2.03. The molecule has 1 aromatic rings. The number of rotatable bonds is 3. The highest BCUT2D eigenvalue weighted by molar-refractivity contribution is 9.08. The van der Waals surface area contributed by atoms with Gasteiger partial charge in [0.05, 0.1) is 6.42 Å². The third kappa shape index (κ3) is 2.72. The smallest absolute Gasteiger partial charge is 0.307 e. The van der Waals surface area contributed by atoms with Crippen LogP contribution in [-0.2, 0) is 16.5 Å². The Labute approximate surface area is 96.0 Å². The van der Waals surface area contributed by atoms with E-state index >= 15 is 0 Å². The van der Waals surface area contributed by atoms with Gasteiger partial charge >= 0.3 is 5.97 Å². The molecule has 1 N–H and O–H groups in total. The first-order valence-corrected chi connectivity index (χ1v) is 5.60. The van der Waals surface area contributed by atoms with Crippen molar-refractivity contribution in [1.82, 2.24) is 0 Å². The Morgan fingerprint density at radius 3 is 2.71 bits per heavy atom. The van der Waals surface area contributed by atoms with Gasteiger partial charge in [0.2, 0.25) is 0 Å². The second-order valence-corrected chi connectivity index (χ2v) is 4.06. The van der Waals surface area contributed by atoms with Crippen LogP contribution in [0, 0.1) is 6.92 Å². The molecule has 4 heteroatoms. The van der Waals surface area contributed by atoms with Crippen molar-refractivity contribution >= 4 is 33.5 Å². The van der Waals surface area contributed by atoms with Crippen LogP contribution < -0.4 is 0 Å². The summed E-state index contributed by atoms with van der Waals surface area (Å²) in [5.74, 6) is -0.839. The van der Waals surface area contributed by atoms with E-state index in [2.05, 4.69) is 15.9 Å². The second-order valence-electron chi connectivity index (χ2n) is 3.09. The predicted octanol–water partition coefficient (Wildman–Crippen LogP) is 3.17. The molecular formula is C10H10BrClO2. The zero-order chi connectivity index (χ0) is 10.7. The number of carboxylic acid groups (broad SMARTS) is 1. The number of hydrogen-bond donors (Lipinski definition) is 1. The van der Waals surface area contributed by atoms with Crippen molar-refractivity contribution in [2.24, 2.45) is 0 Å². The highest BCUT2D eigenvalue weighted by atomic mass is 79.9. The number of carboxylic acids is 1. The van der Waals surface area contributed by atoms with Crippen molar-refractivity contribution in [1.29, 1.82) is 0 Å². The van der Waals surface area contributed by atoms with Gasteiger partial charge in [0, 0.05) is 10.4 Å². The summed E-state index contributed by atoms with van der Waals surface area (Å²) in [6, 6.07) is 3.69. The average Bonchev–Trinajstić information content (AvgIpc) is 2.01. The summed E-state index contributed by atoms with van der Waals surface area (Å²) in [5.41, 5.74) is 2.62. The van der Waals surface area contributed by atoms with Crippen LogP contribution in [0.1, 0.15) is 16.7 Å². The molecule has 76 valence electrons. The zero-order valence-corrected chi connectivity index (χ0v) is 10.0. The van der Waals surface area contributed by atoms with Crippen molar-refractivity contribution in [3.05, 3.63) is 33.8 Å². The lowest BCUT2D eigenvalue weighted by atomic mass is 10.0. The molecule has 1 rings (SSSR count). The van der Waals surface area contributed by atoms with Gasteiger partial charge in [0.25, 0.3) is 0 Å². The fourth-order valence-corrected chi connectivity index (χ4v) is 2.50. The minimum atomic E-state index is -0.839. The Hall–Kier alpha value is -0.540. The molecule has 2 nitrogen and oxygen atoms in total. The van der Waals surface area contributed by atoms with Gasteiger partial charge in [-0.25, -0.2) is 0 Å². The van der Waals surface area contributed by atoms with E-state index in [-0.39, 0.29) is 6.42 Å². The largest absolute Gasteiger partial charge is 0.481 e. The molecule has 0 unspecified atom stereocenters. The quantitative estimate of drug-likeness (QED) is 0.862. The first-order valence-electron chi connectivity index (χ1n) is 4.10. The maximum atomic E-state index is 10.6. The molecular weight excluding hydrogens is 267 g/mol. The molecule has 0 aliphatic carbocycles. The molecule has 1 aromatic carbocycles. The van der Waals surface area contributed by atoms with Crippen LogP contribution >= 0.6 is 27.5 Å². The summed E-state index contributed by atoms with van der Waals surface area (Å²) in [6.45, 7) is 1.90. The standard InChI is InChI=1S/C10H10BrClO2/c1-6-2-7(4-10(13)14)8(5-11)9(12)3-6/h2-3H,4-5H2,1H3,(H,13,14). The van der Waals surface area contributed by atoms with Gasteiger partial charge in [-0.3, -0.25) is 4.79 Å². The van der Waals surface area contributed by atoms with Crippen molar-refractivity contribution in [3.8, 4) is 0 Å². The number of carbonyl (C=O) groups is 1. The Kier molecular flexibility index (Phi) is 3.96. The number of hydrogen-bond acceptors (Lipinski definition) is 1. The first-order chi connectivity index (χ1) is 6.54. The van der Waals surface area contributed by atoms with E-state index in [0.717, 1.165) is 16.7 Å². The van der Waals surface area contributed by atoms with Crippen LogP contribution in [0.15, 0.2) is 12.1 Å². The minimum absolute atomic E-state index is 0.0162. The molecule has 0 radical (unpaired) electrons. The summed E-state index contributed by atoms with van der Waals surface area (Å²) in [4.78, 5) is 10.6. The molecule has 0 aromatic heterocycles. The van der Waals surface area contributed by atoms with Gasteiger partial charge in [-0.05, 0) is 29.7 Å². The third-order valence-electron chi connectivity index (χ3n) is 1.91. The number of halogens is 2. The summed E-state index contributed by atoms with van der Waals surface area (Å²) < 4.78 is 0. The normalized spacial score (nSPS) is 10.2. The van der Waals surface area contributed by atoms with Crippen molar-refractivity contribution in [3.63, 3.8) is 0 Å². The van der Waals surface area contributed by atoms with Gasteiger partial charge in [-0.2, -0.15) is 0 Å². The lowest BCUT2D eigenvalue weighted by molar-refractivity contribution is -0.136.